The zero-order valence-corrected chi connectivity index (χ0v) is 13.3. The Balaban J connectivity index is 2.37. The van der Waals surface area contributed by atoms with Gasteiger partial charge in [0.05, 0.1) is 10.5 Å². The summed E-state index contributed by atoms with van der Waals surface area (Å²) in [5.41, 5.74) is 3.32. The van der Waals surface area contributed by atoms with E-state index in [4.69, 9.17) is 16.6 Å². The number of fused-ring (bicyclic) bond motifs is 1. The van der Waals surface area contributed by atoms with Crippen molar-refractivity contribution in [3.8, 4) is 0 Å². The van der Waals surface area contributed by atoms with Crippen molar-refractivity contribution in [2.75, 3.05) is 6.54 Å². The van der Waals surface area contributed by atoms with Crippen molar-refractivity contribution in [2.45, 2.75) is 46.1 Å². The van der Waals surface area contributed by atoms with Gasteiger partial charge in [0.15, 0.2) is 0 Å². The summed E-state index contributed by atoms with van der Waals surface area (Å²) >= 11 is 6.31. The molecule has 0 atom stereocenters. The van der Waals surface area contributed by atoms with Crippen LogP contribution in [0.3, 0.4) is 0 Å². The van der Waals surface area contributed by atoms with Gasteiger partial charge in [-0.05, 0) is 36.6 Å². The Labute approximate surface area is 126 Å². The first-order chi connectivity index (χ1) is 9.63. The van der Waals surface area contributed by atoms with E-state index in [1.165, 1.54) is 18.4 Å². The lowest BCUT2D eigenvalue weighted by Crippen LogP contribution is -2.15. The Morgan fingerprint density at radius 2 is 2.10 bits per heavy atom. The van der Waals surface area contributed by atoms with Crippen molar-refractivity contribution < 1.29 is 0 Å². The molecule has 0 radical (unpaired) electrons. The topological polar surface area (TPSA) is 24.9 Å². The predicted molar refractivity (Wildman–Crippen MR) is 87.5 cm³/mol. The molecule has 2 nitrogen and oxygen atoms in total. The molecule has 108 valence electrons. The van der Waals surface area contributed by atoms with Gasteiger partial charge in [-0.15, -0.1) is 0 Å². The molecule has 1 aromatic carbocycles. The van der Waals surface area contributed by atoms with Crippen molar-refractivity contribution in [1.82, 2.24) is 10.3 Å². The summed E-state index contributed by atoms with van der Waals surface area (Å²) in [5, 5.41) is 5.40. The highest BCUT2D eigenvalue weighted by Crippen LogP contribution is 2.27. The lowest BCUT2D eigenvalue weighted by molar-refractivity contribution is 0.642. The summed E-state index contributed by atoms with van der Waals surface area (Å²) in [6.45, 7) is 8.47. The number of halogens is 1. The second-order valence-corrected chi connectivity index (χ2v) is 5.93. The number of rotatable bonds is 6. The van der Waals surface area contributed by atoms with Crippen molar-refractivity contribution in [3.63, 3.8) is 0 Å². The molecule has 0 saturated carbocycles. The minimum Gasteiger partial charge on any atom is -0.313 e. The van der Waals surface area contributed by atoms with Gasteiger partial charge in [0.2, 0.25) is 0 Å². The van der Waals surface area contributed by atoms with Gasteiger partial charge in [-0.25, -0.2) is 0 Å². The van der Waals surface area contributed by atoms with Crippen LogP contribution in [0.25, 0.3) is 10.9 Å². The number of pyridine rings is 1. The SMILES string of the molecule is CCCCNCc1cc(C(C)C)nc2c(Cl)cccc12. The van der Waals surface area contributed by atoms with Gasteiger partial charge >= 0.3 is 0 Å². The third kappa shape index (κ3) is 3.50. The van der Waals surface area contributed by atoms with Crippen molar-refractivity contribution >= 4 is 22.5 Å². The van der Waals surface area contributed by atoms with Crippen LogP contribution in [0.4, 0.5) is 0 Å². The summed E-state index contributed by atoms with van der Waals surface area (Å²) in [6, 6.07) is 8.23. The molecule has 0 aliphatic heterocycles. The monoisotopic (exact) mass is 290 g/mol. The van der Waals surface area contributed by atoms with E-state index in [0.29, 0.717) is 5.92 Å². The number of para-hydroxylation sites is 1. The van der Waals surface area contributed by atoms with E-state index in [0.717, 1.165) is 34.7 Å². The zero-order chi connectivity index (χ0) is 14.5. The predicted octanol–water partition coefficient (Wildman–Crippen LogP) is 4.90. The van der Waals surface area contributed by atoms with Gasteiger partial charge in [-0.3, -0.25) is 4.98 Å². The second-order valence-electron chi connectivity index (χ2n) is 5.53. The number of aromatic nitrogens is 1. The molecule has 1 aromatic heterocycles. The molecule has 1 heterocycles. The molecule has 2 aromatic rings. The number of benzene rings is 1. The van der Waals surface area contributed by atoms with Crippen LogP contribution >= 0.6 is 11.6 Å². The summed E-state index contributed by atoms with van der Waals surface area (Å²) in [4.78, 5) is 4.72. The standard InChI is InChI=1S/C17H23ClN2/c1-4-5-9-19-11-13-10-16(12(2)3)20-17-14(13)7-6-8-15(17)18/h6-8,10,12,19H,4-5,9,11H2,1-3H3. The van der Waals surface area contributed by atoms with Crippen LogP contribution in [-0.4, -0.2) is 11.5 Å². The molecule has 2 rings (SSSR count). The fourth-order valence-electron chi connectivity index (χ4n) is 2.27. The van der Waals surface area contributed by atoms with Crippen LogP contribution < -0.4 is 5.32 Å². The fourth-order valence-corrected chi connectivity index (χ4v) is 2.49. The van der Waals surface area contributed by atoms with Gasteiger partial charge in [0, 0.05) is 17.6 Å². The van der Waals surface area contributed by atoms with E-state index in [2.05, 4.69) is 38.2 Å². The molecule has 0 aliphatic rings. The third-order valence-electron chi connectivity index (χ3n) is 3.51. The fraction of sp³-hybridized carbons (Fsp3) is 0.471. The molecule has 0 unspecified atom stereocenters. The van der Waals surface area contributed by atoms with Gasteiger partial charge in [0.1, 0.15) is 0 Å². The van der Waals surface area contributed by atoms with Crippen molar-refractivity contribution in [2.24, 2.45) is 0 Å². The largest absolute Gasteiger partial charge is 0.313 e. The summed E-state index contributed by atoms with van der Waals surface area (Å²) < 4.78 is 0. The van der Waals surface area contributed by atoms with Crippen molar-refractivity contribution in [3.05, 3.63) is 40.5 Å². The van der Waals surface area contributed by atoms with E-state index in [-0.39, 0.29) is 0 Å². The highest BCUT2D eigenvalue weighted by molar-refractivity contribution is 6.35. The Morgan fingerprint density at radius 1 is 1.30 bits per heavy atom. The van der Waals surface area contributed by atoms with E-state index < -0.39 is 0 Å². The average Bonchev–Trinajstić information content (AvgIpc) is 2.44. The third-order valence-corrected chi connectivity index (χ3v) is 3.81. The highest BCUT2D eigenvalue weighted by atomic mass is 35.5. The zero-order valence-electron chi connectivity index (χ0n) is 12.5. The first-order valence-corrected chi connectivity index (χ1v) is 7.80. The summed E-state index contributed by atoms with van der Waals surface area (Å²) in [7, 11) is 0. The number of unbranched alkanes of at least 4 members (excludes halogenated alkanes) is 1. The van der Waals surface area contributed by atoms with Gasteiger partial charge in [0.25, 0.3) is 0 Å². The van der Waals surface area contributed by atoms with E-state index >= 15 is 0 Å². The molecule has 0 amide bonds. The molecule has 1 N–H and O–H groups in total. The Bertz CT molecular complexity index is 578. The lowest BCUT2D eigenvalue weighted by Gasteiger charge is -2.13. The van der Waals surface area contributed by atoms with E-state index in [1.807, 2.05) is 12.1 Å². The number of hydrogen-bond acceptors (Lipinski definition) is 2. The Hall–Kier alpha value is -1.12. The average molecular weight is 291 g/mol. The van der Waals surface area contributed by atoms with Crippen LogP contribution in [-0.2, 0) is 6.54 Å². The Kier molecular flexibility index (Phi) is 5.38. The quantitative estimate of drug-likeness (QED) is 0.765. The molecule has 0 aliphatic carbocycles. The second kappa shape index (κ2) is 7.05. The van der Waals surface area contributed by atoms with E-state index in [1.54, 1.807) is 0 Å². The molecule has 0 bridgehead atoms. The lowest BCUT2D eigenvalue weighted by atomic mass is 10.0. The first-order valence-electron chi connectivity index (χ1n) is 7.42. The summed E-state index contributed by atoms with van der Waals surface area (Å²) in [6.07, 6.45) is 2.42. The molecule has 3 heteroatoms. The van der Waals surface area contributed by atoms with Crippen LogP contribution in [0.1, 0.15) is 50.8 Å². The maximum absolute atomic E-state index is 6.31. The molecular weight excluding hydrogens is 268 g/mol. The number of nitrogens with zero attached hydrogens (tertiary/aromatic N) is 1. The maximum Gasteiger partial charge on any atom is 0.0894 e. The molecule has 0 fully saturated rings. The van der Waals surface area contributed by atoms with Crippen LogP contribution in [0.5, 0.6) is 0 Å². The number of hydrogen-bond donors (Lipinski definition) is 1. The van der Waals surface area contributed by atoms with Gasteiger partial charge in [-0.1, -0.05) is 50.9 Å². The Morgan fingerprint density at radius 3 is 2.80 bits per heavy atom. The number of nitrogens with one attached hydrogen (secondary N) is 1. The first kappa shape index (κ1) is 15.3. The normalized spacial score (nSPS) is 11.4. The van der Waals surface area contributed by atoms with Gasteiger partial charge < -0.3 is 5.32 Å². The minimum absolute atomic E-state index is 0.407. The smallest absolute Gasteiger partial charge is 0.0894 e. The van der Waals surface area contributed by atoms with Crippen LogP contribution in [0.15, 0.2) is 24.3 Å². The van der Waals surface area contributed by atoms with E-state index in [9.17, 15) is 0 Å². The molecule has 20 heavy (non-hydrogen) atoms. The molecular formula is C17H23ClN2. The minimum atomic E-state index is 0.407. The van der Waals surface area contributed by atoms with Gasteiger partial charge in [-0.2, -0.15) is 0 Å². The summed E-state index contributed by atoms with van der Waals surface area (Å²) in [5.74, 6) is 0.407. The highest BCUT2D eigenvalue weighted by Gasteiger charge is 2.10. The molecule has 0 saturated heterocycles. The molecule has 0 spiro atoms. The van der Waals surface area contributed by atoms with Crippen molar-refractivity contribution in [1.29, 1.82) is 0 Å². The maximum atomic E-state index is 6.31. The van der Waals surface area contributed by atoms with Crippen LogP contribution in [0, 0.1) is 0 Å². The van der Waals surface area contributed by atoms with Crippen LogP contribution in [0.2, 0.25) is 5.02 Å².